The molecule has 3 aromatic rings. The van der Waals surface area contributed by atoms with Crippen LogP contribution in [-0.4, -0.2) is 43.2 Å². The number of aromatic nitrogens is 1. The number of anilines is 2. The highest BCUT2D eigenvalue weighted by Crippen LogP contribution is 2.41. The Balaban J connectivity index is 1.74. The lowest BCUT2D eigenvalue weighted by Gasteiger charge is -2.22. The maximum Gasteiger partial charge on any atom is 0.341 e. The van der Waals surface area contributed by atoms with E-state index in [0.29, 0.717) is 12.2 Å². The molecule has 0 saturated heterocycles. The molecule has 1 N–H and O–H groups in total. The number of benzene rings is 1. The molecule has 0 radical (unpaired) electrons. The van der Waals surface area contributed by atoms with Crippen molar-refractivity contribution in [2.24, 2.45) is 0 Å². The Hall–Kier alpha value is -2.16. The van der Waals surface area contributed by atoms with Gasteiger partial charge in [0.1, 0.15) is 16.3 Å². The van der Waals surface area contributed by atoms with E-state index in [4.69, 9.17) is 9.47 Å². The third-order valence-electron chi connectivity index (χ3n) is 4.55. The molecule has 6 nitrogen and oxygen atoms in total. The SMILES string of the molecule is CCOC(=O)c1c(Nc2nc3c(OC)cccc3s2)sc2c1CCN(C)C2. The number of nitrogens with one attached hydrogen (secondary N) is 1. The maximum absolute atomic E-state index is 12.6. The van der Waals surface area contributed by atoms with Crippen LogP contribution in [0.5, 0.6) is 5.75 Å². The van der Waals surface area contributed by atoms with Gasteiger partial charge in [0.05, 0.1) is 24.0 Å². The van der Waals surface area contributed by atoms with E-state index < -0.39 is 0 Å². The number of esters is 1. The van der Waals surface area contributed by atoms with Crippen LogP contribution < -0.4 is 10.1 Å². The highest BCUT2D eigenvalue weighted by atomic mass is 32.1. The molecule has 0 unspecified atom stereocenters. The largest absolute Gasteiger partial charge is 0.494 e. The van der Waals surface area contributed by atoms with E-state index in [0.717, 1.165) is 51.2 Å². The first-order valence-electron chi connectivity index (χ1n) is 8.81. The van der Waals surface area contributed by atoms with Gasteiger partial charge in [-0.2, -0.15) is 0 Å². The van der Waals surface area contributed by atoms with E-state index in [-0.39, 0.29) is 5.97 Å². The van der Waals surface area contributed by atoms with Gasteiger partial charge >= 0.3 is 5.97 Å². The number of ether oxygens (including phenoxy) is 2. The molecule has 3 heterocycles. The first-order chi connectivity index (χ1) is 13.1. The number of carbonyl (C=O) groups is 1. The van der Waals surface area contributed by atoms with Crippen molar-refractivity contribution in [1.29, 1.82) is 0 Å². The second-order valence-electron chi connectivity index (χ2n) is 6.37. The van der Waals surface area contributed by atoms with E-state index in [1.807, 2.05) is 25.1 Å². The molecule has 0 spiro atoms. The number of hydrogen-bond donors (Lipinski definition) is 1. The monoisotopic (exact) mass is 403 g/mol. The summed E-state index contributed by atoms with van der Waals surface area (Å²) in [6, 6.07) is 5.86. The standard InChI is InChI=1S/C19H21N3O3S2/c1-4-25-18(23)15-11-8-9-22(2)10-14(11)26-17(15)21-19-20-16-12(24-3)6-5-7-13(16)27-19/h5-7H,4,8-10H2,1-3H3,(H,20,21). The van der Waals surface area contributed by atoms with Gasteiger partial charge in [0.2, 0.25) is 0 Å². The number of para-hydroxylation sites is 1. The van der Waals surface area contributed by atoms with Gasteiger partial charge in [0.25, 0.3) is 0 Å². The molecular weight excluding hydrogens is 382 g/mol. The average molecular weight is 404 g/mol. The molecule has 1 aliphatic rings. The van der Waals surface area contributed by atoms with Crippen molar-refractivity contribution < 1.29 is 14.3 Å². The smallest absolute Gasteiger partial charge is 0.341 e. The summed E-state index contributed by atoms with van der Waals surface area (Å²) >= 11 is 3.16. The minimum absolute atomic E-state index is 0.263. The van der Waals surface area contributed by atoms with E-state index in [1.165, 1.54) is 4.88 Å². The molecule has 0 amide bonds. The number of nitrogens with zero attached hydrogens (tertiary/aromatic N) is 2. The lowest BCUT2D eigenvalue weighted by Crippen LogP contribution is -2.26. The number of thiazole rings is 1. The summed E-state index contributed by atoms with van der Waals surface area (Å²) in [5.41, 5.74) is 2.60. The van der Waals surface area contributed by atoms with Crippen LogP contribution in [0.2, 0.25) is 0 Å². The molecule has 1 aromatic carbocycles. The molecule has 4 rings (SSSR count). The van der Waals surface area contributed by atoms with Gasteiger partial charge in [-0.3, -0.25) is 0 Å². The van der Waals surface area contributed by atoms with Gasteiger partial charge in [-0.15, -0.1) is 11.3 Å². The van der Waals surface area contributed by atoms with Gasteiger partial charge in [-0.1, -0.05) is 17.4 Å². The van der Waals surface area contributed by atoms with Crippen molar-refractivity contribution in [1.82, 2.24) is 9.88 Å². The van der Waals surface area contributed by atoms with E-state index in [1.54, 1.807) is 29.8 Å². The van der Waals surface area contributed by atoms with Crippen LogP contribution in [0.4, 0.5) is 10.1 Å². The van der Waals surface area contributed by atoms with Crippen molar-refractivity contribution in [2.75, 3.05) is 32.6 Å². The maximum atomic E-state index is 12.6. The molecule has 0 aliphatic carbocycles. The molecular formula is C19H21N3O3S2. The van der Waals surface area contributed by atoms with Crippen LogP contribution in [-0.2, 0) is 17.7 Å². The molecule has 0 atom stereocenters. The zero-order chi connectivity index (χ0) is 19.0. The molecule has 2 aromatic heterocycles. The molecule has 0 saturated carbocycles. The lowest BCUT2D eigenvalue weighted by atomic mass is 10.0. The summed E-state index contributed by atoms with van der Waals surface area (Å²) in [5.74, 6) is 0.482. The Labute approximate surface area is 165 Å². The number of methoxy groups -OCH3 is 1. The molecule has 27 heavy (non-hydrogen) atoms. The van der Waals surface area contributed by atoms with E-state index >= 15 is 0 Å². The Kier molecular flexibility index (Phi) is 5.03. The molecule has 0 fully saturated rings. The van der Waals surface area contributed by atoms with E-state index in [9.17, 15) is 4.79 Å². The van der Waals surface area contributed by atoms with Crippen LogP contribution >= 0.6 is 22.7 Å². The van der Waals surface area contributed by atoms with Crippen LogP contribution in [0.3, 0.4) is 0 Å². The number of rotatable bonds is 5. The highest BCUT2D eigenvalue weighted by Gasteiger charge is 2.28. The van der Waals surface area contributed by atoms with Crippen LogP contribution in [0.25, 0.3) is 10.2 Å². The van der Waals surface area contributed by atoms with E-state index in [2.05, 4.69) is 22.2 Å². The normalized spacial score (nSPS) is 14.2. The van der Waals surface area contributed by atoms with Crippen molar-refractivity contribution in [3.05, 3.63) is 34.2 Å². The first kappa shape index (κ1) is 18.2. The van der Waals surface area contributed by atoms with Crippen molar-refractivity contribution in [3.63, 3.8) is 0 Å². The van der Waals surface area contributed by atoms with Gasteiger partial charge in [-0.25, -0.2) is 9.78 Å². The van der Waals surface area contributed by atoms with Gasteiger partial charge in [0, 0.05) is 18.0 Å². The fourth-order valence-corrected chi connectivity index (χ4v) is 5.54. The predicted octanol–water partition coefficient (Wildman–Crippen LogP) is 4.27. The fraction of sp³-hybridized carbons (Fsp3) is 0.368. The topological polar surface area (TPSA) is 63.7 Å². The van der Waals surface area contributed by atoms with Crippen molar-refractivity contribution in [3.8, 4) is 5.75 Å². The number of likely N-dealkylation sites (N-methyl/N-ethyl adjacent to an activating group) is 1. The third-order valence-corrected chi connectivity index (χ3v) is 6.62. The average Bonchev–Trinajstić information content (AvgIpc) is 3.21. The Morgan fingerprint density at radius 3 is 3.00 bits per heavy atom. The predicted molar refractivity (Wildman–Crippen MR) is 110 cm³/mol. The van der Waals surface area contributed by atoms with Gasteiger partial charge in [0.15, 0.2) is 5.13 Å². The summed E-state index contributed by atoms with van der Waals surface area (Å²) < 4.78 is 11.8. The second kappa shape index (κ2) is 7.46. The summed E-state index contributed by atoms with van der Waals surface area (Å²) in [6.45, 7) is 3.98. The second-order valence-corrected chi connectivity index (χ2v) is 8.50. The summed E-state index contributed by atoms with van der Waals surface area (Å²) in [6.07, 6.45) is 0.853. The first-order valence-corrected chi connectivity index (χ1v) is 10.4. The summed E-state index contributed by atoms with van der Waals surface area (Å²) in [5, 5.41) is 4.93. The van der Waals surface area contributed by atoms with Crippen LogP contribution in [0.1, 0.15) is 27.7 Å². The van der Waals surface area contributed by atoms with Crippen LogP contribution in [0.15, 0.2) is 18.2 Å². The Morgan fingerprint density at radius 1 is 1.37 bits per heavy atom. The summed E-state index contributed by atoms with van der Waals surface area (Å²) in [4.78, 5) is 20.8. The molecule has 0 bridgehead atoms. The minimum atomic E-state index is -0.263. The zero-order valence-electron chi connectivity index (χ0n) is 15.5. The van der Waals surface area contributed by atoms with Gasteiger partial charge in [-0.05, 0) is 38.1 Å². The minimum Gasteiger partial charge on any atom is -0.494 e. The summed E-state index contributed by atoms with van der Waals surface area (Å²) in [7, 11) is 3.74. The number of carbonyl (C=O) groups excluding carboxylic acids is 1. The molecule has 8 heteroatoms. The Bertz CT molecular complexity index is 996. The molecule has 1 aliphatic heterocycles. The quantitative estimate of drug-likeness (QED) is 0.642. The highest BCUT2D eigenvalue weighted by molar-refractivity contribution is 7.23. The zero-order valence-corrected chi connectivity index (χ0v) is 17.1. The van der Waals surface area contributed by atoms with Crippen molar-refractivity contribution >= 4 is 49.0 Å². The number of hydrogen-bond acceptors (Lipinski definition) is 8. The van der Waals surface area contributed by atoms with Crippen molar-refractivity contribution in [2.45, 2.75) is 19.9 Å². The number of thiophene rings is 1. The van der Waals surface area contributed by atoms with Crippen LogP contribution in [0, 0.1) is 0 Å². The lowest BCUT2D eigenvalue weighted by molar-refractivity contribution is 0.0526. The number of fused-ring (bicyclic) bond motifs is 2. The third kappa shape index (κ3) is 3.40. The van der Waals surface area contributed by atoms with Gasteiger partial charge < -0.3 is 19.7 Å². The Morgan fingerprint density at radius 2 is 2.22 bits per heavy atom. The fourth-order valence-electron chi connectivity index (χ4n) is 3.28. The molecule has 142 valence electrons.